The van der Waals surface area contributed by atoms with Crippen molar-refractivity contribution in [3.63, 3.8) is 0 Å². The maximum Gasteiger partial charge on any atom is 0.339 e. The number of carbonyl (C=O) groups excluding carboxylic acids is 2. The van der Waals surface area contributed by atoms with Gasteiger partial charge in [-0.05, 0) is 64.0 Å². The summed E-state index contributed by atoms with van der Waals surface area (Å²) in [5.41, 5.74) is 3.39. The molecule has 1 aliphatic carbocycles. The van der Waals surface area contributed by atoms with Gasteiger partial charge >= 0.3 is 5.97 Å². The Morgan fingerprint density at radius 2 is 1.85 bits per heavy atom. The van der Waals surface area contributed by atoms with Gasteiger partial charge in [-0.2, -0.15) is 0 Å². The van der Waals surface area contributed by atoms with Gasteiger partial charge in [0.15, 0.2) is 6.61 Å². The molecule has 27 heavy (non-hydrogen) atoms. The van der Waals surface area contributed by atoms with Crippen LogP contribution in [0.1, 0.15) is 61.1 Å². The lowest BCUT2D eigenvalue weighted by molar-refractivity contribution is -0.140. The number of ether oxygens (including phenoxy) is 1. The largest absolute Gasteiger partial charge is 0.452 e. The number of esters is 1. The highest BCUT2D eigenvalue weighted by molar-refractivity contribution is 6.05. The first-order valence-corrected chi connectivity index (χ1v) is 9.95. The first kappa shape index (κ1) is 18.0. The van der Waals surface area contributed by atoms with Gasteiger partial charge in [-0.3, -0.25) is 9.78 Å². The predicted octanol–water partition coefficient (Wildman–Crippen LogP) is 3.67. The lowest BCUT2D eigenvalue weighted by atomic mass is 9.97. The Balaban J connectivity index is 1.56. The molecule has 2 heterocycles. The summed E-state index contributed by atoms with van der Waals surface area (Å²) in [7, 11) is 0. The third kappa shape index (κ3) is 3.31. The molecule has 1 amide bonds. The van der Waals surface area contributed by atoms with Crippen LogP contribution in [0, 0.1) is 0 Å². The molecule has 1 aromatic carbocycles. The number of rotatable bonds is 3. The van der Waals surface area contributed by atoms with E-state index in [4.69, 9.17) is 9.72 Å². The van der Waals surface area contributed by atoms with Crippen LogP contribution in [0.3, 0.4) is 0 Å². The van der Waals surface area contributed by atoms with Gasteiger partial charge < -0.3 is 9.64 Å². The summed E-state index contributed by atoms with van der Waals surface area (Å²) < 4.78 is 5.52. The number of hydrogen-bond donors (Lipinski definition) is 0. The normalized spacial score (nSPS) is 21.9. The number of nitrogens with zero attached hydrogens (tertiary/aromatic N) is 2. The summed E-state index contributed by atoms with van der Waals surface area (Å²) in [6.07, 6.45) is 5.88. The topological polar surface area (TPSA) is 59.5 Å². The molecule has 142 valence electrons. The maximum absolute atomic E-state index is 12.9. The van der Waals surface area contributed by atoms with E-state index in [-0.39, 0.29) is 24.6 Å². The third-order valence-corrected chi connectivity index (χ3v) is 5.93. The van der Waals surface area contributed by atoms with Crippen molar-refractivity contribution >= 4 is 22.8 Å². The predicted molar refractivity (Wildman–Crippen MR) is 104 cm³/mol. The molecule has 1 aliphatic heterocycles. The van der Waals surface area contributed by atoms with Crippen molar-refractivity contribution in [3.8, 4) is 0 Å². The van der Waals surface area contributed by atoms with E-state index in [1.165, 1.54) is 0 Å². The molecule has 1 fully saturated rings. The fourth-order valence-corrected chi connectivity index (χ4v) is 4.63. The highest BCUT2D eigenvalue weighted by atomic mass is 16.5. The van der Waals surface area contributed by atoms with Crippen LogP contribution in [0.25, 0.3) is 10.9 Å². The molecule has 0 radical (unpaired) electrons. The SMILES string of the molecule is C[C@H]1CCC[C@H](C)N1C(=O)COC(=O)c1c2c(nc3ccccc13)CCC2. The van der Waals surface area contributed by atoms with Crippen LogP contribution in [-0.4, -0.2) is 40.5 Å². The van der Waals surface area contributed by atoms with E-state index < -0.39 is 5.97 Å². The standard InChI is InChI=1S/C22H26N2O3/c1-14-7-5-8-15(2)24(14)20(25)13-27-22(26)21-16-9-3-4-11-18(16)23-19-12-6-10-17(19)21/h3-4,9,11,14-15H,5-8,10,12-13H2,1-2H3/t14-,15-/m0/s1. The second-order valence-corrected chi connectivity index (χ2v) is 7.79. The van der Waals surface area contributed by atoms with Crippen molar-refractivity contribution in [1.29, 1.82) is 0 Å². The molecule has 0 N–H and O–H groups in total. The van der Waals surface area contributed by atoms with E-state index >= 15 is 0 Å². The van der Waals surface area contributed by atoms with Crippen LogP contribution < -0.4 is 0 Å². The van der Waals surface area contributed by atoms with Crippen molar-refractivity contribution in [2.75, 3.05) is 6.61 Å². The number of pyridine rings is 1. The van der Waals surface area contributed by atoms with Gasteiger partial charge in [-0.1, -0.05) is 18.2 Å². The molecule has 0 spiro atoms. The van der Waals surface area contributed by atoms with Crippen molar-refractivity contribution in [2.45, 2.75) is 64.5 Å². The molecular weight excluding hydrogens is 340 g/mol. The van der Waals surface area contributed by atoms with Gasteiger partial charge in [0, 0.05) is 23.2 Å². The van der Waals surface area contributed by atoms with Gasteiger partial charge in [-0.25, -0.2) is 4.79 Å². The lowest BCUT2D eigenvalue weighted by Gasteiger charge is -2.38. The quantitative estimate of drug-likeness (QED) is 0.778. The van der Waals surface area contributed by atoms with Crippen molar-refractivity contribution in [2.24, 2.45) is 0 Å². The average molecular weight is 366 g/mol. The van der Waals surface area contributed by atoms with E-state index in [0.717, 1.165) is 60.7 Å². The number of fused-ring (bicyclic) bond motifs is 2. The maximum atomic E-state index is 12.9. The van der Waals surface area contributed by atoms with Crippen molar-refractivity contribution < 1.29 is 14.3 Å². The molecule has 2 atom stereocenters. The summed E-state index contributed by atoms with van der Waals surface area (Å²) in [6.45, 7) is 3.94. The summed E-state index contributed by atoms with van der Waals surface area (Å²) in [5.74, 6) is -0.504. The summed E-state index contributed by atoms with van der Waals surface area (Å²) in [6, 6.07) is 8.07. The molecule has 5 heteroatoms. The summed E-state index contributed by atoms with van der Waals surface area (Å²) in [5, 5.41) is 0.815. The number of hydrogen-bond acceptors (Lipinski definition) is 4. The second kappa shape index (κ2) is 7.29. The molecule has 0 unspecified atom stereocenters. The minimum atomic E-state index is -0.405. The zero-order valence-electron chi connectivity index (χ0n) is 16.0. The van der Waals surface area contributed by atoms with Crippen molar-refractivity contribution in [1.82, 2.24) is 9.88 Å². The Bertz CT molecular complexity index is 883. The van der Waals surface area contributed by atoms with Crippen LogP contribution in [-0.2, 0) is 22.4 Å². The molecular formula is C22H26N2O3. The average Bonchev–Trinajstić information content (AvgIpc) is 3.11. The number of carbonyl (C=O) groups is 2. The number of amides is 1. The zero-order valence-corrected chi connectivity index (χ0v) is 16.0. The molecule has 1 aromatic heterocycles. The lowest BCUT2D eigenvalue weighted by Crippen LogP contribution is -2.49. The molecule has 2 aliphatic rings. The van der Waals surface area contributed by atoms with E-state index in [1.807, 2.05) is 29.2 Å². The van der Waals surface area contributed by atoms with Crippen molar-refractivity contribution in [3.05, 3.63) is 41.1 Å². The smallest absolute Gasteiger partial charge is 0.339 e. The van der Waals surface area contributed by atoms with E-state index in [9.17, 15) is 9.59 Å². The Morgan fingerprint density at radius 3 is 2.63 bits per heavy atom. The highest BCUT2D eigenvalue weighted by Gasteiger charge is 2.30. The molecule has 4 rings (SSSR count). The molecule has 0 bridgehead atoms. The highest BCUT2D eigenvalue weighted by Crippen LogP contribution is 2.30. The van der Waals surface area contributed by atoms with E-state index in [1.54, 1.807) is 0 Å². The fourth-order valence-electron chi connectivity index (χ4n) is 4.63. The number of piperidine rings is 1. The van der Waals surface area contributed by atoms with E-state index in [2.05, 4.69) is 13.8 Å². The van der Waals surface area contributed by atoms with Crippen LogP contribution >= 0.6 is 0 Å². The van der Waals surface area contributed by atoms with Crippen LogP contribution in [0.4, 0.5) is 0 Å². The van der Waals surface area contributed by atoms with Gasteiger partial charge in [0.2, 0.25) is 0 Å². The monoisotopic (exact) mass is 366 g/mol. The Labute approximate surface area is 159 Å². The van der Waals surface area contributed by atoms with Crippen LogP contribution in [0.5, 0.6) is 0 Å². The summed E-state index contributed by atoms with van der Waals surface area (Å²) >= 11 is 0. The van der Waals surface area contributed by atoms with Gasteiger partial charge in [-0.15, -0.1) is 0 Å². The van der Waals surface area contributed by atoms with Crippen LogP contribution in [0.2, 0.25) is 0 Å². The number of aryl methyl sites for hydroxylation is 1. The van der Waals surface area contributed by atoms with Gasteiger partial charge in [0.1, 0.15) is 0 Å². The Kier molecular flexibility index (Phi) is 4.85. The first-order valence-electron chi connectivity index (χ1n) is 9.95. The minimum Gasteiger partial charge on any atom is -0.452 e. The fraction of sp³-hybridized carbons (Fsp3) is 0.500. The molecule has 1 saturated heterocycles. The van der Waals surface area contributed by atoms with Crippen LogP contribution in [0.15, 0.2) is 24.3 Å². The van der Waals surface area contributed by atoms with Gasteiger partial charge in [0.25, 0.3) is 5.91 Å². The molecule has 5 nitrogen and oxygen atoms in total. The van der Waals surface area contributed by atoms with Gasteiger partial charge in [0.05, 0.1) is 11.1 Å². The summed E-state index contributed by atoms with van der Waals surface area (Å²) in [4.78, 5) is 32.2. The first-order chi connectivity index (χ1) is 13.1. The number of aromatic nitrogens is 1. The third-order valence-electron chi connectivity index (χ3n) is 5.93. The molecule has 2 aromatic rings. The minimum absolute atomic E-state index is 0.0990. The number of likely N-dealkylation sites (tertiary alicyclic amines) is 1. The Hall–Kier alpha value is -2.43. The number of para-hydroxylation sites is 1. The van der Waals surface area contributed by atoms with E-state index in [0.29, 0.717) is 5.56 Å². The number of benzene rings is 1. The second-order valence-electron chi connectivity index (χ2n) is 7.79. The zero-order chi connectivity index (χ0) is 19.0. The Morgan fingerprint density at radius 1 is 1.11 bits per heavy atom. The molecule has 0 saturated carbocycles.